The highest BCUT2D eigenvalue weighted by atomic mass is 28.3. The van der Waals surface area contributed by atoms with Crippen molar-refractivity contribution in [3.05, 3.63) is 66.2 Å². The third kappa shape index (κ3) is 5.37. The van der Waals surface area contributed by atoms with Crippen molar-refractivity contribution in [2.24, 2.45) is 0 Å². The minimum absolute atomic E-state index is 0.198. The van der Waals surface area contributed by atoms with Gasteiger partial charge in [0.25, 0.3) is 0 Å². The zero-order chi connectivity index (χ0) is 16.0. The van der Waals surface area contributed by atoms with Crippen LogP contribution in [0.1, 0.15) is 11.7 Å². The van der Waals surface area contributed by atoms with Crippen molar-refractivity contribution in [1.29, 1.82) is 0 Å². The van der Waals surface area contributed by atoms with E-state index >= 15 is 0 Å². The average Bonchev–Trinajstić information content (AvgIpc) is 2.47. The molecule has 116 valence electrons. The Labute approximate surface area is 133 Å². The second kappa shape index (κ2) is 7.27. The molecule has 0 radical (unpaired) electrons. The Morgan fingerprint density at radius 2 is 1.55 bits per heavy atom. The molecule has 2 rings (SSSR count). The Hall–Kier alpha value is -2.07. The maximum atomic E-state index is 12.2. The van der Waals surface area contributed by atoms with Gasteiger partial charge in [-0.3, -0.25) is 5.32 Å². The fourth-order valence-electron chi connectivity index (χ4n) is 2.25. The van der Waals surface area contributed by atoms with E-state index in [1.54, 1.807) is 0 Å². The van der Waals surface area contributed by atoms with Gasteiger partial charge in [-0.15, -0.1) is 0 Å². The smallest absolute Gasteiger partial charge is 0.412 e. The van der Waals surface area contributed by atoms with Gasteiger partial charge >= 0.3 is 6.09 Å². The predicted molar refractivity (Wildman–Crippen MR) is 93.9 cm³/mol. The SMILES string of the molecule is C[Si](C)(C)C[C@H](OC(=O)Nc1ccccc1)c1ccccc1. The van der Waals surface area contributed by atoms with E-state index in [1.807, 2.05) is 60.7 Å². The van der Waals surface area contributed by atoms with Gasteiger partial charge < -0.3 is 4.74 Å². The summed E-state index contributed by atoms with van der Waals surface area (Å²) in [7, 11) is -1.37. The van der Waals surface area contributed by atoms with Crippen molar-refractivity contribution in [2.45, 2.75) is 31.8 Å². The van der Waals surface area contributed by atoms with E-state index < -0.39 is 14.2 Å². The summed E-state index contributed by atoms with van der Waals surface area (Å²) in [6.07, 6.45) is -0.602. The van der Waals surface area contributed by atoms with Crippen molar-refractivity contribution in [1.82, 2.24) is 0 Å². The van der Waals surface area contributed by atoms with Gasteiger partial charge in [-0.05, 0) is 23.7 Å². The van der Waals surface area contributed by atoms with E-state index in [4.69, 9.17) is 4.74 Å². The molecule has 0 aliphatic heterocycles. The number of rotatable bonds is 5. The zero-order valence-electron chi connectivity index (χ0n) is 13.4. The highest BCUT2D eigenvalue weighted by molar-refractivity contribution is 6.76. The van der Waals surface area contributed by atoms with Crippen molar-refractivity contribution in [3.8, 4) is 0 Å². The lowest BCUT2D eigenvalue weighted by molar-refractivity contribution is 0.120. The zero-order valence-corrected chi connectivity index (χ0v) is 14.4. The molecule has 1 amide bonds. The first-order valence-electron chi connectivity index (χ1n) is 7.52. The van der Waals surface area contributed by atoms with Crippen molar-refractivity contribution < 1.29 is 9.53 Å². The summed E-state index contributed by atoms with van der Waals surface area (Å²) in [4.78, 5) is 12.2. The molecule has 4 heteroatoms. The van der Waals surface area contributed by atoms with Gasteiger partial charge in [-0.2, -0.15) is 0 Å². The first-order valence-corrected chi connectivity index (χ1v) is 11.2. The van der Waals surface area contributed by atoms with Crippen LogP contribution in [0.4, 0.5) is 10.5 Å². The normalized spacial score (nSPS) is 12.5. The number of amides is 1. The summed E-state index contributed by atoms with van der Waals surface area (Å²) in [5, 5.41) is 2.78. The second-order valence-corrected chi connectivity index (χ2v) is 12.1. The highest BCUT2D eigenvalue weighted by Crippen LogP contribution is 2.28. The summed E-state index contributed by atoms with van der Waals surface area (Å²) in [6, 6.07) is 20.2. The Morgan fingerprint density at radius 1 is 1.00 bits per heavy atom. The molecule has 3 nitrogen and oxygen atoms in total. The van der Waals surface area contributed by atoms with Gasteiger partial charge in [0, 0.05) is 13.8 Å². The summed E-state index contributed by atoms with van der Waals surface area (Å²) < 4.78 is 5.70. The van der Waals surface area contributed by atoms with E-state index in [0.29, 0.717) is 0 Å². The molecule has 2 aromatic carbocycles. The molecule has 0 fully saturated rings. The van der Waals surface area contributed by atoms with Crippen molar-refractivity contribution >= 4 is 19.9 Å². The van der Waals surface area contributed by atoms with Crippen LogP contribution in [0.15, 0.2) is 60.7 Å². The first kappa shape index (κ1) is 16.3. The van der Waals surface area contributed by atoms with Crippen molar-refractivity contribution in [2.75, 3.05) is 5.32 Å². The maximum absolute atomic E-state index is 12.2. The summed E-state index contributed by atoms with van der Waals surface area (Å²) in [5.74, 6) is 0. The minimum atomic E-state index is -1.37. The molecular formula is C18H23NO2Si. The number of nitrogens with one attached hydrogen (secondary N) is 1. The number of hydrogen-bond acceptors (Lipinski definition) is 2. The lowest BCUT2D eigenvalue weighted by atomic mass is 10.1. The fraction of sp³-hybridized carbons (Fsp3) is 0.278. The van der Waals surface area contributed by atoms with Crippen LogP contribution in [-0.4, -0.2) is 14.2 Å². The van der Waals surface area contributed by atoms with Gasteiger partial charge in [-0.1, -0.05) is 68.2 Å². The van der Waals surface area contributed by atoms with Gasteiger partial charge in [0.2, 0.25) is 0 Å². The molecule has 0 saturated carbocycles. The standard InChI is InChI=1S/C18H23NO2Si/c1-22(2,3)14-17(15-10-6-4-7-11-15)21-18(20)19-16-12-8-5-9-13-16/h4-13,17H,14H2,1-3H3,(H,19,20)/t17-/m0/s1. The van der Waals surface area contributed by atoms with Crippen LogP contribution in [0.3, 0.4) is 0 Å². The molecule has 0 aliphatic carbocycles. The Balaban J connectivity index is 2.07. The molecule has 0 heterocycles. The lowest BCUT2D eigenvalue weighted by Gasteiger charge is -2.25. The Morgan fingerprint density at radius 3 is 2.09 bits per heavy atom. The third-order valence-corrected chi connectivity index (χ3v) is 4.83. The van der Waals surface area contributed by atoms with Gasteiger partial charge in [-0.25, -0.2) is 4.79 Å². The molecule has 2 aromatic rings. The third-order valence-electron chi connectivity index (χ3n) is 3.24. The number of carbonyl (C=O) groups excluding carboxylic acids is 1. The summed E-state index contributed by atoms with van der Waals surface area (Å²) in [5.41, 5.74) is 1.79. The van der Waals surface area contributed by atoms with E-state index in [2.05, 4.69) is 25.0 Å². The molecular weight excluding hydrogens is 290 g/mol. The molecule has 0 spiro atoms. The topological polar surface area (TPSA) is 38.3 Å². The number of ether oxygens (including phenoxy) is 1. The molecule has 22 heavy (non-hydrogen) atoms. The van der Waals surface area contributed by atoms with E-state index in [1.165, 1.54) is 0 Å². The van der Waals surface area contributed by atoms with Crippen LogP contribution in [0.25, 0.3) is 0 Å². The lowest BCUT2D eigenvalue weighted by Crippen LogP contribution is -2.27. The van der Waals surface area contributed by atoms with Crippen molar-refractivity contribution in [3.63, 3.8) is 0 Å². The quantitative estimate of drug-likeness (QED) is 0.759. The average molecular weight is 313 g/mol. The Kier molecular flexibility index (Phi) is 5.39. The van der Waals surface area contributed by atoms with Crippen LogP contribution >= 0.6 is 0 Å². The molecule has 0 saturated heterocycles. The number of carbonyl (C=O) groups is 1. The van der Waals surface area contributed by atoms with Crippen LogP contribution in [0.5, 0.6) is 0 Å². The summed E-state index contributed by atoms with van der Waals surface area (Å²) in [6.45, 7) is 6.84. The molecule has 0 unspecified atom stereocenters. The minimum Gasteiger partial charge on any atom is -0.441 e. The maximum Gasteiger partial charge on any atom is 0.412 e. The van der Waals surface area contributed by atoms with Gasteiger partial charge in [0.15, 0.2) is 0 Å². The largest absolute Gasteiger partial charge is 0.441 e. The first-order chi connectivity index (χ1) is 10.4. The summed E-state index contributed by atoms with van der Waals surface area (Å²) >= 11 is 0. The number of para-hydroxylation sites is 1. The molecule has 1 N–H and O–H groups in total. The highest BCUT2D eigenvalue weighted by Gasteiger charge is 2.25. The van der Waals surface area contributed by atoms with E-state index in [-0.39, 0.29) is 6.10 Å². The number of benzene rings is 2. The Bertz CT molecular complexity index is 593. The molecule has 1 atom stereocenters. The van der Waals surface area contributed by atoms with Crippen LogP contribution < -0.4 is 5.32 Å². The monoisotopic (exact) mass is 313 g/mol. The van der Waals surface area contributed by atoms with Crippen LogP contribution in [0, 0.1) is 0 Å². The van der Waals surface area contributed by atoms with Gasteiger partial charge in [0.1, 0.15) is 6.10 Å². The van der Waals surface area contributed by atoms with Crippen LogP contribution in [0.2, 0.25) is 25.7 Å². The van der Waals surface area contributed by atoms with Gasteiger partial charge in [0.05, 0.1) is 0 Å². The molecule has 0 bridgehead atoms. The second-order valence-electron chi connectivity index (χ2n) is 6.56. The number of anilines is 1. The molecule has 0 aliphatic rings. The molecule has 0 aromatic heterocycles. The fourth-order valence-corrected chi connectivity index (χ4v) is 3.68. The van der Waals surface area contributed by atoms with E-state index in [0.717, 1.165) is 17.3 Å². The van der Waals surface area contributed by atoms with Crippen LogP contribution in [-0.2, 0) is 4.74 Å². The van der Waals surface area contributed by atoms with E-state index in [9.17, 15) is 4.79 Å². The number of hydrogen-bond donors (Lipinski definition) is 1. The predicted octanol–water partition coefficient (Wildman–Crippen LogP) is 5.31.